The molecule has 0 heterocycles. The molecule has 0 unspecified atom stereocenters. The molecule has 1 N–H and O–H groups in total. The van der Waals surface area contributed by atoms with Crippen LogP contribution in [0.1, 0.15) is 5.56 Å². The van der Waals surface area contributed by atoms with Crippen molar-refractivity contribution >= 4 is 6.08 Å². The zero-order valence-corrected chi connectivity index (χ0v) is 7.37. The highest BCUT2D eigenvalue weighted by Gasteiger charge is 1.88. The van der Waals surface area contributed by atoms with Crippen LogP contribution in [0, 0.1) is 0 Å². The van der Waals surface area contributed by atoms with Crippen LogP contribution in [0.4, 0.5) is 0 Å². The molecule has 0 aliphatic heterocycles. The summed E-state index contributed by atoms with van der Waals surface area (Å²) < 4.78 is 5.03. The van der Waals surface area contributed by atoms with Crippen molar-refractivity contribution in [1.82, 2.24) is 5.32 Å². The molecule has 0 radical (unpaired) electrons. The lowest BCUT2D eigenvalue weighted by molar-refractivity contribution is 0.415. The van der Waals surface area contributed by atoms with Crippen LogP contribution in [0.15, 0.2) is 30.5 Å². The van der Waals surface area contributed by atoms with E-state index in [0.29, 0.717) is 0 Å². The predicted molar refractivity (Wildman–Crippen MR) is 51.1 cm³/mol. The van der Waals surface area contributed by atoms with E-state index >= 15 is 0 Å². The van der Waals surface area contributed by atoms with Gasteiger partial charge in [0.25, 0.3) is 0 Å². The van der Waals surface area contributed by atoms with E-state index in [1.54, 1.807) is 7.11 Å². The van der Waals surface area contributed by atoms with Gasteiger partial charge in [-0.05, 0) is 30.0 Å². The quantitative estimate of drug-likeness (QED) is 0.734. The maximum absolute atomic E-state index is 5.03. The normalized spacial score (nSPS) is 10.2. The molecule has 2 heteroatoms. The fraction of sp³-hybridized carbons (Fsp3) is 0.200. The summed E-state index contributed by atoms with van der Waals surface area (Å²) in [5, 5.41) is 2.93. The minimum atomic E-state index is 0.886. The van der Waals surface area contributed by atoms with Crippen LogP contribution in [0.2, 0.25) is 0 Å². The number of benzene rings is 1. The van der Waals surface area contributed by atoms with E-state index in [9.17, 15) is 0 Å². The highest BCUT2D eigenvalue weighted by atomic mass is 16.5. The number of methoxy groups -OCH3 is 1. The third-order valence-corrected chi connectivity index (χ3v) is 1.56. The van der Waals surface area contributed by atoms with Crippen LogP contribution in [0.25, 0.3) is 6.08 Å². The first-order valence-corrected chi connectivity index (χ1v) is 3.84. The Labute approximate surface area is 72.9 Å². The molecule has 64 valence electrons. The molecular weight excluding hydrogens is 150 g/mol. The Hall–Kier alpha value is -1.44. The lowest BCUT2D eigenvalue weighted by atomic mass is 10.2. The summed E-state index contributed by atoms with van der Waals surface area (Å²) in [5.74, 6) is 0.886. The standard InChI is InChI=1S/C10H13NO/c1-11-8-7-9-3-5-10(12-2)6-4-9/h3-8,11H,1-2H3. The van der Waals surface area contributed by atoms with E-state index in [4.69, 9.17) is 4.74 Å². The number of ether oxygens (including phenoxy) is 1. The molecule has 1 aromatic carbocycles. The van der Waals surface area contributed by atoms with Gasteiger partial charge in [0.15, 0.2) is 0 Å². The fourth-order valence-corrected chi connectivity index (χ4v) is 0.895. The highest BCUT2D eigenvalue weighted by Crippen LogP contribution is 2.11. The molecular formula is C10H13NO. The van der Waals surface area contributed by atoms with Crippen molar-refractivity contribution in [1.29, 1.82) is 0 Å². The predicted octanol–water partition coefficient (Wildman–Crippen LogP) is 1.89. The number of nitrogens with one attached hydrogen (secondary N) is 1. The Morgan fingerprint density at radius 3 is 2.42 bits per heavy atom. The maximum Gasteiger partial charge on any atom is 0.118 e. The summed E-state index contributed by atoms with van der Waals surface area (Å²) in [5.41, 5.74) is 1.16. The van der Waals surface area contributed by atoms with E-state index in [1.807, 2.05) is 43.6 Å². The van der Waals surface area contributed by atoms with Crippen molar-refractivity contribution in [3.8, 4) is 5.75 Å². The van der Waals surface area contributed by atoms with Crippen LogP contribution in [-0.4, -0.2) is 14.2 Å². The zero-order valence-electron chi connectivity index (χ0n) is 7.37. The number of hydrogen-bond donors (Lipinski definition) is 1. The fourth-order valence-electron chi connectivity index (χ4n) is 0.895. The Morgan fingerprint density at radius 1 is 1.25 bits per heavy atom. The van der Waals surface area contributed by atoms with Crippen molar-refractivity contribution < 1.29 is 4.74 Å². The lowest BCUT2D eigenvalue weighted by Gasteiger charge is -1.98. The molecule has 0 aliphatic carbocycles. The SMILES string of the molecule is CNC=Cc1ccc(OC)cc1. The zero-order chi connectivity index (χ0) is 8.81. The van der Waals surface area contributed by atoms with Crippen molar-refractivity contribution in [2.45, 2.75) is 0 Å². The van der Waals surface area contributed by atoms with Gasteiger partial charge in [0.1, 0.15) is 5.75 Å². The van der Waals surface area contributed by atoms with Crippen LogP contribution < -0.4 is 10.1 Å². The monoisotopic (exact) mass is 163 g/mol. The van der Waals surface area contributed by atoms with Gasteiger partial charge in [-0.1, -0.05) is 12.1 Å². The van der Waals surface area contributed by atoms with E-state index in [2.05, 4.69) is 5.32 Å². The van der Waals surface area contributed by atoms with Gasteiger partial charge < -0.3 is 10.1 Å². The minimum Gasteiger partial charge on any atom is -0.497 e. The molecule has 0 spiro atoms. The minimum absolute atomic E-state index is 0.886. The molecule has 0 atom stereocenters. The largest absolute Gasteiger partial charge is 0.497 e. The third-order valence-electron chi connectivity index (χ3n) is 1.56. The van der Waals surface area contributed by atoms with Gasteiger partial charge in [-0.3, -0.25) is 0 Å². The second-order valence-electron chi connectivity index (χ2n) is 2.40. The molecule has 0 aromatic heterocycles. The highest BCUT2D eigenvalue weighted by molar-refractivity contribution is 5.50. The van der Waals surface area contributed by atoms with Gasteiger partial charge in [0.05, 0.1) is 7.11 Å². The summed E-state index contributed by atoms with van der Waals surface area (Å²) in [6.45, 7) is 0. The molecule has 1 aromatic rings. The van der Waals surface area contributed by atoms with Gasteiger partial charge in [-0.25, -0.2) is 0 Å². The van der Waals surface area contributed by atoms with Crippen molar-refractivity contribution in [2.24, 2.45) is 0 Å². The summed E-state index contributed by atoms with van der Waals surface area (Å²) in [6, 6.07) is 7.89. The van der Waals surface area contributed by atoms with Gasteiger partial charge in [-0.15, -0.1) is 0 Å². The van der Waals surface area contributed by atoms with Gasteiger partial charge in [0, 0.05) is 7.05 Å². The first-order valence-electron chi connectivity index (χ1n) is 3.84. The summed E-state index contributed by atoms with van der Waals surface area (Å²) in [4.78, 5) is 0. The molecule has 0 saturated carbocycles. The Balaban J connectivity index is 2.71. The maximum atomic E-state index is 5.03. The molecule has 0 saturated heterocycles. The number of hydrogen-bond acceptors (Lipinski definition) is 2. The topological polar surface area (TPSA) is 21.3 Å². The Kier molecular flexibility index (Phi) is 3.20. The summed E-state index contributed by atoms with van der Waals surface area (Å²) in [6.07, 6.45) is 3.89. The van der Waals surface area contributed by atoms with Crippen LogP contribution >= 0.6 is 0 Å². The van der Waals surface area contributed by atoms with Gasteiger partial charge in [0.2, 0.25) is 0 Å². The van der Waals surface area contributed by atoms with E-state index in [-0.39, 0.29) is 0 Å². The Morgan fingerprint density at radius 2 is 1.92 bits per heavy atom. The summed E-state index contributed by atoms with van der Waals surface area (Å²) in [7, 11) is 3.54. The molecule has 0 bridgehead atoms. The molecule has 0 amide bonds. The lowest BCUT2D eigenvalue weighted by Crippen LogP contribution is -1.90. The second kappa shape index (κ2) is 4.44. The Bertz CT molecular complexity index is 251. The molecule has 12 heavy (non-hydrogen) atoms. The first-order chi connectivity index (χ1) is 5.86. The van der Waals surface area contributed by atoms with Gasteiger partial charge >= 0.3 is 0 Å². The van der Waals surface area contributed by atoms with Crippen molar-refractivity contribution in [3.05, 3.63) is 36.0 Å². The summed E-state index contributed by atoms with van der Waals surface area (Å²) >= 11 is 0. The molecule has 1 rings (SSSR count). The smallest absolute Gasteiger partial charge is 0.118 e. The molecule has 0 fully saturated rings. The van der Waals surface area contributed by atoms with E-state index in [0.717, 1.165) is 11.3 Å². The van der Waals surface area contributed by atoms with Crippen molar-refractivity contribution in [3.63, 3.8) is 0 Å². The third kappa shape index (κ3) is 2.31. The molecule has 0 aliphatic rings. The number of rotatable bonds is 3. The molecule has 2 nitrogen and oxygen atoms in total. The second-order valence-corrected chi connectivity index (χ2v) is 2.40. The first kappa shape index (κ1) is 8.65. The van der Waals surface area contributed by atoms with E-state index in [1.165, 1.54) is 0 Å². The van der Waals surface area contributed by atoms with Gasteiger partial charge in [-0.2, -0.15) is 0 Å². The van der Waals surface area contributed by atoms with Crippen LogP contribution in [-0.2, 0) is 0 Å². The van der Waals surface area contributed by atoms with Crippen LogP contribution in [0.5, 0.6) is 5.75 Å². The van der Waals surface area contributed by atoms with Crippen LogP contribution in [0.3, 0.4) is 0 Å². The van der Waals surface area contributed by atoms with E-state index < -0.39 is 0 Å². The van der Waals surface area contributed by atoms with Crippen molar-refractivity contribution in [2.75, 3.05) is 14.2 Å². The average molecular weight is 163 g/mol. The average Bonchev–Trinajstić information content (AvgIpc) is 2.15.